The van der Waals surface area contributed by atoms with Crippen LogP contribution in [-0.4, -0.2) is 40.7 Å². The van der Waals surface area contributed by atoms with Crippen molar-refractivity contribution < 1.29 is 9.59 Å². The first-order valence-electron chi connectivity index (χ1n) is 9.34. The number of carbonyl (C=O) groups is 2. The number of nitrogens with one attached hydrogen (secondary N) is 2. The summed E-state index contributed by atoms with van der Waals surface area (Å²) in [7, 11) is 1.85. The van der Waals surface area contributed by atoms with Crippen molar-refractivity contribution in [2.24, 2.45) is 13.0 Å². The van der Waals surface area contributed by atoms with Gasteiger partial charge in [-0.1, -0.05) is 6.92 Å². The Morgan fingerprint density at radius 3 is 2.73 bits per heavy atom. The van der Waals surface area contributed by atoms with Crippen molar-refractivity contribution >= 4 is 34.2 Å². The highest BCUT2D eigenvalue weighted by molar-refractivity contribution is 6.19. The number of aryl methyl sites for hydroxylation is 1. The fraction of sp³-hybridized carbons (Fsp3) is 0.526. The summed E-state index contributed by atoms with van der Waals surface area (Å²) in [5.74, 6) is 0.697. The summed E-state index contributed by atoms with van der Waals surface area (Å²) in [4.78, 5) is 25.8. The number of amides is 2. The largest absolute Gasteiger partial charge is 0.382 e. The molecule has 1 aromatic carbocycles. The molecule has 0 aliphatic carbocycles. The zero-order chi connectivity index (χ0) is 18.3. The van der Waals surface area contributed by atoms with Crippen LogP contribution in [0.5, 0.6) is 0 Å². The first-order valence-corrected chi connectivity index (χ1v) is 9.34. The number of aromatic nitrogens is 2. The monoisotopic (exact) mass is 355 g/mol. The highest BCUT2D eigenvalue weighted by Gasteiger charge is 2.31. The van der Waals surface area contributed by atoms with E-state index in [-0.39, 0.29) is 11.8 Å². The van der Waals surface area contributed by atoms with Gasteiger partial charge < -0.3 is 10.6 Å². The molecule has 1 aromatic heterocycles. The zero-order valence-electron chi connectivity index (χ0n) is 15.3. The van der Waals surface area contributed by atoms with Crippen molar-refractivity contribution in [1.29, 1.82) is 0 Å². The van der Waals surface area contributed by atoms with Crippen molar-refractivity contribution in [1.82, 2.24) is 15.1 Å². The molecular weight excluding hydrogens is 330 g/mol. The van der Waals surface area contributed by atoms with Gasteiger partial charge in [0, 0.05) is 37.0 Å². The van der Waals surface area contributed by atoms with Crippen molar-refractivity contribution in [3.05, 3.63) is 18.2 Å². The molecule has 0 radical (unpaired) electrons. The molecule has 0 spiro atoms. The summed E-state index contributed by atoms with van der Waals surface area (Å²) in [6.07, 6.45) is 2.52. The molecular formula is C19H25N5O2. The summed E-state index contributed by atoms with van der Waals surface area (Å²) in [5, 5.41) is 12.4. The molecule has 2 atom stereocenters. The Morgan fingerprint density at radius 2 is 2.00 bits per heavy atom. The Balaban J connectivity index is 1.66. The summed E-state index contributed by atoms with van der Waals surface area (Å²) >= 11 is 0. The number of anilines is 2. The average Bonchev–Trinajstić information content (AvgIpc) is 2.93. The summed E-state index contributed by atoms with van der Waals surface area (Å²) in [6.45, 7) is 4.30. The van der Waals surface area contributed by atoms with Crippen LogP contribution in [0.25, 0.3) is 10.9 Å². The van der Waals surface area contributed by atoms with Crippen LogP contribution in [0.1, 0.15) is 32.6 Å². The van der Waals surface area contributed by atoms with Gasteiger partial charge in [-0.2, -0.15) is 5.10 Å². The van der Waals surface area contributed by atoms with Gasteiger partial charge in [0.15, 0.2) is 5.82 Å². The Labute approximate surface area is 152 Å². The number of fused-ring (bicyclic) bond motifs is 1. The molecule has 7 heteroatoms. The molecule has 2 aliphatic heterocycles. The van der Waals surface area contributed by atoms with Gasteiger partial charge in [-0.25, -0.2) is 4.90 Å². The van der Waals surface area contributed by atoms with E-state index in [2.05, 4.69) is 28.7 Å². The van der Waals surface area contributed by atoms with Crippen LogP contribution in [0.2, 0.25) is 0 Å². The predicted octanol–water partition coefficient (Wildman–Crippen LogP) is 2.03. The fourth-order valence-corrected chi connectivity index (χ4v) is 3.93. The Hall–Kier alpha value is -2.41. The van der Waals surface area contributed by atoms with E-state index in [4.69, 9.17) is 0 Å². The van der Waals surface area contributed by atoms with Gasteiger partial charge in [0.25, 0.3) is 0 Å². The van der Waals surface area contributed by atoms with E-state index in [1.54, 1.807) is 4.68 Å². The maximum atomic E-state index is 12.3. The topological polar surface area (TPSA) is 79.3 Å². The van der Waals surface area contributed by atoms with Crippen LogP contribution < -0.4 is 15.5 Å². The van der Waals surface area contributed by atoms with Crippen LogP contribution in [0, 0.1) is 5.92 Å². The standard InChI is InChI=1S/C19H25N5O2/c1-12-11-20-9-8-15(12)21-13-6-7-14-16(10-13)23(2)22-19(14)24-17(25)4-3-5-18(24)26/h6-7,10,12,15,20-21H,3-5,8-9,11H2,1-2H3/t12-,15+/m1/s1. The lowest BCUT2D eigenvalue weighted by Gasteiger charge is -2.31. The number of rotatable bonds is 3. The number of hydrogen-bond acceptors (Lipinski definition) is 5. The van der Waals surface area contributed by atoms with Crippen LogP contribution in [0.15, 0.2) is 18.2 Å². The quantitative estimate of drug-likeness (QED) is 0.824. The van der Waals surface area contributed by atoms with Gasteiger partial charge in [0.05, 0.1) is 5.52 Å². The first-order chi connectivity index (χ1) is 12.5. The molecule has 3 heterocycles. The minimum absolute atomic E-state index is 0.160. The number of piperidine rings is 2. The summed E-state index contributed by atoms with van der Waals surface area (Å²) in [6, 6.07) is 6.47. The van der Waals surface area contributed by atoms with Crippen LogP contribution >= 0.6 is 0 Å². The van der Waals surface area contributed by atoms with Gasteiger partial charge in [-0.05, 0) is 50.0 Å². The molecule has 26 heavy (non-hydrogen) atoms. The third-order valence-corrected chi connectivity index (χ3v) is 5.46. The first kappa shape index (κ1) is 17.0. The lowest BCUT2D eigenvalue weighted by Crippen LogP contribution is -2.42. The van der Waals surface area contributed by atoms with Crippen molar-refractivity contribution in [3.8, 4) is 0 Å². The predicted molar refractivity (Wildman–Crippen MR) is 101 cm³/mol. The number of benzene rings is 1. The molecule has 2 aromatic rings. The van der Waals surface area contributed by atoms with E-state index in [9.17, 15) is 9.59 Å². The van der Waals surface area contributed by atoms with Crippen LogP contribution in [-0.2, 0) is 16.6 Å². The van der Waals surface area contributed by atoms with Gasteiger partial charge in [-0.3, -0.25) is 14.3 Å². The molecule has 138 valence electrons. The third-order valence-electron chi connectivity index (χ3n) is 5.46. The molecule has 2 amide bonds. The molecule has 2 aliphatic rings. The van der Waals surface area contributed by atoms with E-state index < -0.39 is 0 Å². The van der Waals surface area contributed by atoms with Gasteiger partial charge >= 0.3 is 0 Å². The number of hydrogen-bond donors (Lipinski definition) is 2. The zero-order valence-corrected chi connectivity index (χ0v) is 15.3. The SMILES string of the molecule is C[C@@H]1CNCC[C@@H]1Nc1ccc2c(N3C(=O)CCCC3=O)nn(C)c2c1. The molecule has 0 bridgehead atoms. The molecule has 0 saturated carbocycles. The maximum absolute atomic E-state index is 12.3. The second kappa shape index (κ2) is 6.72. The van der Waals surface area contributed by atoms with Crippen LogP contribution in [0.3, 0.4) is 0 Å². The Morgan fingerprint density at radius 1 is 1.23 bits per heavy atom. The van der Waals surface area contributed by atoms with E-state index in [0.29, 0.717) is 37.0 Å². The van der Waals surface area contributed by atoms with Crippen LogP contribution in [0.4, 0.5) is 11.5 Å². The number of carbonyl (C=O) groups excluding carboxylic acids is 2. The molecule has 7 nitrogen and oxygen atoms in total. The minimum atomic E-state index is -0.160. The minimum Gasteiger partial charge on any atom is -0.382 e. The Kier molecular flexibility index (Phi) is 4.40. The smallest absolute Gasteiger partial charge is 0.235 e. The van der Waals surface area contributed by atoms with Crippen molar-refractivity contribution in [3.63, 3.8) is 0 Å². The van der Waals surface area contributed by atoms with Crippen molar-refractivity contribution in [2.45, 2.75) is 38.6 Å². The summed E-state index contributed by atoms with van der Waals surface area (Å²) in [5.41, 5.74) is 1.96. The van der Waals surface area contributed by atoms with E-state index in [1.165, 1.54) is 4.90 Å². The number of imide groups is 1. The lowest BCUT2D eigenvalue weighted by molar-refractivity contribution is -0.129. The van der Waals surface area contributed by atoms with Gasteiger partial charge in [0.1, 0.15) is 0 Å². The highest BCUT2D eigenvalue weighted by Crippen LogP contribution is 2.31. The molecule has 2 fully saturated rings. The average molecular weight is 355 g/mol. The molecule has 4 rings (SSSR count). The van der Waals surface area contributed by atoms with E-state index >= 15 is 0 Å². The van der Waals surface area contributed by atoms with E-state index in [0.717, 1.165) is 36.1 Å². The highest BCUT2D eigenvalue weighted by atomic mass is 16.2. The summed E-state index contributed by atoms with van der Waals surface area (Å²) < 4.78 is 1.75. The maximum Gasteiger partial charge on any atom is 0.235 e. The van der Waals surface area contributed by atoms with Crippen molar-refractivity contribution in [2.75, 3.05) is 23.3 Å². The second-order valence-electron chi connectivity index (χ2n) is 7.38. The molecule has 2 saturated heterocycles. The van der Waals surface area contributed by atoms with Gasteiger partial charge in [-0.15, -0.1) is 0 Å². The Bertz CT molecular complexity index is 843. The lowest BCUT2D eigenvalue weighted by atomic mass is 9.95. The molecule has 0 unspecified atom stereocenters. The second-order valence-corrected chi connectivity index (χ2v) is 7.38. The fourth-order valence-electron chi connectivity index (χ4n) is 3.93. The molecule has 2 N–H and O–H groups in total. The van der Waals surface area contributed by atoms with Gasteiger partial charge in [0.2, 0.25) is 11.8 Å². The van der Waals surface area contributed by atoms with E-state index in [1.807, 2.05) is 19.2 Å². The normalized spacial score (nSPS) is 24.3. The number of nitrogens with zero attached hydrogens (tertiary/aromatic N) is 3. The third kappa shape index (κ3) is 2.96.